The van der Waals surface area contributed by atoms with Crippen LogP contribution in [0.1, 0.15) is 27.2 Å². The van der Waals surface area contributed by atoms with Crippen LogP contribution in [-0.2, 0) is 24.0 Å². The molecular weight excluding hydrogens is 328 g/mol. The smallest absolute Gasteiger partial charge is 0.253 e. The van der Waals surface area contributed by atoms with Crippen molar-refractivity contribution in [1.82, 2.24) is 20.9 Å². The van der Waals surface area contributed by atoms with Crippen molar-refractivity contribution in [3.8, 4) is 0 Å². The molecule has 9 nitrogen and oxygen atoms in total. The molecule has 0 radical (unpaired) electrons. The highest BCUT2D eigenvalue weighted by atomic mass is 16.2. The van der Waals surface area contributed by atoms with E-state index < -0.39 is 35.7 Å². The summed E-state index contributed by atoms with van der Waals surface area (Å²) in [6, 6.07) is -1.57. The van der Waals surface area contributed by atoms with Crippen LogP contribution in [0.5, 0.6) is 0 Å². The summed E-state index contributed by atoms with van der Waals surface area (Å²) in [6.45, 7) is 4.99. The number of rotatable bonds is 8. The highest BCUT2D eigenvalue weighted by molar-refractivity contribution is 6.13. The first-order valence-corrected chi connectivity index (χ1v) is 8.02. The molecule has 1 aliphatic heterocycles. The molecule has 3 N–H and O–H groups in total. The number of carbonyl (C=O) groups is 5. The van der Waals surface area contributed by atoms with Crippen LogP contribution in [0.15, 0.2) is 12.2 Å². The van der Waals surface area contributed by atoms with Crippen molar-refractivity contribution in [2.75, 3.05) is 13.6 Å². The SMILES string of the molecule is CNC(=O)[C@H](C)NC(=O)C(NC(=O)CCN1C(=O)C=CC1=O)C(C)C. The molecule has 1 unspecified atom stereocenters. The predicted octanol–water partition coefficient (Wildman–Crippen LogP) is -1.31. The summed E-state index contributed by atoms with van der Waals surface area (Å²) in [5.41, 5.74) is 0. The molecule has 0 saturated carbocycles. The molecule has 25 heavy (non-hydrogen) atoms. The van der Waals surface area contributed by atoms with Crippen LogP contribution < -0.4 is 16.0 Å². The van der Waals surface area contributed by atoms with Crippen LogP contribution in [-0.4, -0.2) is 60.1 Å². The molecule has 0 aromatic rings. The van der Waals surface area contributed by atoms with E-state index in [2.05, 4.69) is 16.0 Å². The van der Waals surface area contributed by atoms with Crippen molar-refractivity contribution in [3.63, 3.8) is 0 Å². The van der Waals surface area contributed by atoms with E-state index in [0.29, 0.717) is 0 Å². The summed E-state index contributed by atoms with van der Waals surface area (Å²) < 4.78 is 0. The van der Waals surface area contributed by atoms with Gasteiger partial charge in [-0.25, -0.2) is 0 Å². The van der Waals surface area contributed by atoms with E-state index in [1.807, 2.05) is 0 Å². The van der Waals surface area contributed by atoms with Gasteiger partial charge in [-0.2, -0.15) is 0 Å². The fourth-order valence-electron chi connectivity index (χ4n) is 2.23. The molecule has 1 rings (SSSR count). The molecule has 0 aromatic heterocycles. The molecule has 0 spiro atoms. The Kier molecular flexibility index (Phi) is 7.28. The molecule has 1 heterocycles. The number of hydrogen-bond acceptors (Lipinski definition) is 5. The van der Waals surface area contributed by atoms with Gasteiger partial charge in [-0.1, -0.05) is 13.8 Å². The first kappa shape index (κ1) is 20.3. The van der Waals surface area contributed by atoms with Gasteiger partial charge in [-0.3, -0.25) is 28.9 Å². The highest BCUT2D eigenvalue weighted by Crippen LogP contribution is 2.06. The standard InChI is InChI=1S/C16H24N4O5/c1-9(2)14(16(25)18-10(3)15(24)17-4)19-11(21)7-8-20-12(22)5-6-13(20)23/h5-6,9-10,14H,7-8H2,1-4H3,(H,17,24)(H,18,25)(H,19,21)/t10-,14?/m0/s1. The lowest BCUT2D eigenvalue weighted by Crippen LogP contribution is -2.54. The summed E-state index contributed by atoms with van der Waals surface area (Å²) in [4.78, 5) is 59.7. The van der Waals surface area contributed by atoms with Crippen LogP contribution in [0.4, 0.5) is 0 Å². The lowest BCUT2D eigenvalue weighted by Gasteiger charge is -2.24. The molecule has 0 fully saturated rings. The minimum absolute atomic E-state index is 0.0580. The van der Waals surface area contributed by atoms with Gasteiger partial charge in [0.15, 0.2) is 0 Å². The summed E-state index contributed by atoms with van der Waals surface area (Å²) in [7, 11) is 1.46. The molecule has 0 saturated heterocycles. The Hall–Kier alpha value is -2.71. The van der Waals surface area contributed by atoms with Crippen molar-refractivity contribution in [2.24, 2.45) is 5.92 Å². The number of nitrogens with zero attached hydrogens (tertiary/aromatic N) is 1. The highest BCUT2D eigenvalue weighted by Gasteiger charge is 2.28. The average molecular weight is 352 g/mol. The third kappa shape index (κ3) is 5.70. The molecule has 0 aromatic carbocycles. The fourth-order valence-corrected chi connectivity index (χ4v) is 2.23. The minimum atomic E-state index is -0.831. The van der Waals surface area contributed by atoms with Crippen molar-refractivity contribution >= 4 is 29.5 Å². The Morgan fingerprint density at radius 2 is 1.56 bits per heavy atom. The zero-order valence-electron chi connectivity index (χ0n) is 14.8. The van der Waals surface area contributed by atoms with E-state index in [4.69, 9.17) is 0 Å². The second-order valence-corrected chi connectivity index (χ2v) is 6.05. The average Bonchev–Trinajstić information content (AvgIpc) is 2.87. The van der Waals surface area contributed by atoms with Gasteiger partial charge in [0.2, 0.25) is 17.7 Å². The molecule has 1 aliphatic rings. The summed E-state index contributed by atoms with van der Waals surface area (Å²) in [5.74, 6) is -2.42. The maximum Gasteiger partial charge on any atom is 0.253 e. The number of likely N-dealkylation sites (N-methyl/N-ethyl adjacent to an activating group) is 1. The number of hydrogen-bond donors (Lipinski definition) is 3. The largest absolute Gasteiger partial charge is 0.357 e. The normalized spacial score (nSPS) is 16.0. The summed E-state index contributed by atoms with van der Waals surface area (Å²) >= 11 is 0. The molecule has 138 valence electrons. The van der Waals surface area contributed by atoms with Gasteiger partial charge in [0, 0.05) is 32.2 Å². The number of imide groups is 1. The zero-order chi connectivity index (χ0) is 19.1. The van der Waals surface area contributed by atoms with Gasteiger partial charge in [0.05, 0.1) is 0 Å². The molecule has 2 atom stereocenters. The maximum absolute atomic E-state index is 12.3. The first-order chi connectivity index (χ1) is 11.7. The molecule has 0 aliphatic carbocycles. The topological polar surface area (TPSA) is 125 Å². The number of amides is 5. The molecular formula is C16H24N4O5. The predicted molar refractivity (Wildman–Crippen MR) is 88.9 cm³/mol. The Balaban J connectivity index is 2.57. The number of nitrogens with one attached hydrogen (secondary N) is 3. The molecule has 9 heteroatoms. The third-order valence-electron chi connectivity index (χ3n) is 3.73. The van der Waals surface area contributed by atoms with E-state index in [1.54, 1.807) is 13.8 Å². The van der Waals surface area contributed by atoms with E-state index >= 15 is 0 Å². The van der Waals surface area contributed by atoms with Crippen molar-refractivity contribution in [1.29, 1.82) is 0 Å². The van der Waals surface area contributed by atoms with Gasteiger partial charge >= 0.3 is 0 Å². The van der Waals surface area contributed by atoms with Crippen molar-refractivity contribution in [3.05, 3.63) is 12.2 Å². The van der Waals surface area contributed by atoms with Gasteiger partial charge in [-0.05, 0) is 12.8 Å². The molecule has 0 bridgehead atoms. The van der Waals surface area contributed by atoms with E-state index in [1.165, 1.54) is 14.0 Å². The fraction of sp³-hybridized carbons (Fsp3) is 0.562. The monoisotopic (exact) mass is 352 g/mol. The third-order valence-corrected chi connectivity index (χ3v) is 3.73. The first-order valence-electron chi connectivity index (χ1n) is 8.02. The van der Waals surface area contributed by atoms with Crippen LogP contribution in [0.2, 0.25) is 0 Å². The summed E-state index contributed by atoms with van der Waals surface area (Å²) in [5, 5.41) is 7.54. The minimum Gasteiger partial charge on any atom is -0.357 e. The Labute approximate surface area is 146 Å². The van der Waals surface area contributed by atoms with E-state index in [9.17, 15) is 24.0 Å². The summed E-state index contributed by atoms with van der Waals surface area (Å²) in [6.07, 6.45) is 2.18. The molecule has 5 amide bonds. The van der Waals surface area contributed by atoms with Gasteiger partial charge in [0.1, 0.15) is 12.1 Å². The lowest BCUT2D eigenvalue weighted by molar-refractivity contribution is -0.137. The van der Waals surface area contributed by atoms with Crippen LogP contribution in [0, 0.1) is 5.92 Å². The van der Waals surface area contributed by atoms with Gasteiger partial charge < -0.3 is 16.0 Å². The van der Waals surface area contributed by atoms with Gasteiger partial charge in [-0.15, -0.1) is 0 Å². The van der Waals surface area contributed by atoms with E-state index in [0.717, 1.165) is 17.1 Å². The Morgan fingerprint density at radius 3 is 2.04 bits per heavy atom. The van der Waals surface area contributed by atoms with Crippen LogP contribution in [0.25, 0.3) is 0 Å². The van der Waals surface area contributed by atoms with E-state index in [-0.39, 0.29) is 24.8 Å². The van der Waals surface area contributed by atoms with Crippen molar-refractivity contribution < 1.29 is 24.0 Å². The van der Waals surface area contributed by atoms with Crippen molar-refractivity contribution in [2.45, 2.75) is 39.3 Å². The van der Waals surface area contributed by atoms with Crippen LogP contribution >= 0.6 is 0 Å². The van der Waals surface area contributed by atoms with Crippen LogP contribution in [0.3, 0.4) is 0 Å². The van der Waals surface area contributed by atoms with Gasteiger partial charge in [0.25, 0.3) is 11.8 Å². The lowest BCUT2D eigenvalue weighted by atomic mass is 10.0. The zero-order valence-corrected chi connectivity index (χ0v) is 14.8. The Morgan fingerprint density at radius 1 is 1.00 bits per heavy atom. The quantitative estimate of drug-likeness (QED) is 0.468. The second kappa shape index (κ2) is 8.95. The second-order valence-electron chi connectivity index (χ2n) is 6.05. The Bertz CT molecular complexity index is 581. The number of carbonyl (C=O) groups excluding carboxylic acids is 5. The maximum atomic E-state index is 12.3.